The second kappa shape index (κ2) is 7.62. The van der Waals surface area contributed by atoms with E-state index in [4.69, 9.17) is 0 Å². The summed E-state index contributed by atoms with van der Waals surface area (Å²) in [5, 5.41) is 16.0. The fourth-order valence-electron chi connectivity index (χ4n) is 2.64. The molecule has 0 atom stereocenters. The van der Waals surface area contributed by atoms with Crippen LogP contribution in [0.4, 0.5) is 10.1 Å². The molecule has 0 aliphatic heterocycles. The molecule has 1 aromatic heterocycles. The smallest absolute Gasteiger partial charge is 0.266 e. The lowest BCUT2D eigenvalue weighted by Gasteiger charge is -2.11. The summed E-state index contributed by atoms with van der Waals surface area (Å²) in [7, 11) is 0. The molecule has 3 rings (SSSR count). The number of carbonyl (C=O) groups excluding carboxylic acids is 1. The van der Waals surface area contributed by atoms with Crippen molar-refractivity contribution in [1.82, 2.24) is 14.8 Å². The Hall–Kier alpha value is -3.79. The zero-order valence-corrected chi connectivity index (χ0v) is 14.8. The lowest BCUT2D eigenvalue weighted by Crippen LogP contribution is -2.15. The van der Waals surface area contributed by atoms with Gasteiger partial charge in [0.2, 0.25) is 0 Å². The predicted octanol–water partition coefficient (Wildman–Crippen LogP) is 3.57. The molecule has 1 heterocycles. The van der Waals surface area contributed by atoms with Gasteiger partial charge in [0, 0.05) is 5.69 Å². The third-order valence-corrected chi connectivity index (χ3v) is 4.03. The summed E-state index contributed by atoms with van der Waals surface area (Å²) in [4.78, 5) is 16.3. The monoisotopic (exact) mass is 361 g/mol. The van der Waals surface area contributed by atoms with Gasteiger partial charge in [0.15, 0.2) is 0 Å². The van der Waals surface area contributed by atoms with Crippen LogP contribution in [0.25, 0.3) is 11.8 Å². The van der Waals surface area contributed by atoms with Gasteiger partial charge in [-0.15, -0.1) is 0 Å². The van der Waals surface area contributed by atoms with Crippen molar-refractivity contribution in [3.05, 3.63) is 77.1 Å². The van der Waals surface area contributed by atoms with E-state index in [1.54, 1.807) is 6.07 Å². The number of amides is 1. The average Bonchev–Trinajstić information content (AvgIpc) is 3.17. The summed E-state index contributed by atoms with van der Waals surface area (Å²) in [5.74, 6) is -1.09. The van der Waals surface area contributed by atoms with Crippen molar-refractivity contribution in [3.63, 3.8) is 0 Å². The van der Waals surface area contributed by atoms with Crippen molar-refractivity contribution < 1.29 is 9.18 Å². The molecule has 0 spiro atoms. The van der Waals surface area contributed by atoms with Crippen LogP contribution in [-0.4, -0.2) is 20.7 Å². The summed E-state index contributed by atoms with van der Waals surface area (Å²) in [6.45, 7) is 3.74. The molecule has 0 aliphatic rings. The van der Waals surface area contributed by atoms with E-state index in [9.17, 15) is 14.4 Å². The van der Waals surface area contributed by atoms with Gasteiger partial charge in [-0.1, -0.05) is 24.3 Å². The Kier molecular flexibility index (Phi) is 5.08. The number of hydrogen-bond donors (Lipinski definition) is 1. The van der Waals surface area contributed by atoms with E-state index in [1.165, 1.54) is 35.5 Å². The molecule has 2 aromatic carbocycles. The lowest BCUT2D eigenvalue weighted by molar-refractivity contribution is -0.112. The van der Waals surface area contributed by atoms with Gasteiger partial charge in [-0.2, -0.15) is 10.4 Å². The number of aryl methyl sites for hydroxylation is 2. The van der Waals surface area contributed by atoms with Gasteiger partial charge >= 0.3 is 0 Å². The minimum atomic E-state index is -0.546. The molecule has 1 amide bonds. The number of nitriles is 1. The number of anilines is 1. The summed E-state index contributed by atoms with van der Waals surface area (Å²) in [6, 6.07) is 11.8. The number of nitrogens with one attached hydrogen (secondary N) is 1. The SMILES string of the molecule is Cc1cccc(C)c1NC(=O)/C(C#N)=C/c1ccc(-n2cncn2)c(F)c1. The number of benzene rings is 2. The molecule has 134 valence electrons. The molecule has 0 aliphatic carbocycles. The maximum absolute atomic E-state index is 14.3. The number of para-hydroxylation sites is 1. The standard InChI is InChI=1S/C20H16FN5O/c1-13-4-3-5-14(2)19(13)25-20(27)16(10-22)8-15-6-7-18(17(21)9-15)26-12-23-11-24-26/h3-9,11-12H,1-2H3,(H,25,27)/b16-8+. The number of nitrogens with zero attached hydrogens (tertiary/aromatic N) is 4. The minimum Gasteiger partial charge on any atom is -0.321 e. The summed E-state index contributed by atoms with van der Waals surface area (Å²) < 4.78 is 15.6. The van der Waals surface area contributed by atoms with Crippen LogP contribution in [0, 0.1) is 31.0 Å². The van der Waals surface area contributed by atoms with Crippen molar-refractivity contribution in [2.75, 3.05) is 5.32 Å². The maximum atomic E-state index is 14.3. The fraction of sp³-hybridized carbons (Fsp3) is 0.100. The first-order valence-electron chi connectivity index (χ1n) is 8.13. The molecule has 0 fully saturated rings. The van der Waals surface area contributed by atoms with Gasteiger partial charge in [-0.25, -0.2) is 14.1 Å². The van der Waals surface area contributed by atoms with Crippen LogP contribution >= 0.6 is 0 Å². The molecule has 27 heavy (non-hydrogen) atoms. The second-order valence-electron chi connectivity index (χ2n) is 5.94. The van der Waals surface area contributed by atoms with E-state index < -0.39 is 11.7 Å². The minimum absolute atomic E-state index is 0.120. The van der Waals surface area contributed by atoms with Gasteiger partial charge in [0.05, 0.1) is 0 Å². The van der Waals surface area contributed by atoms with Crippen LogP contribution in [0.15, 0.2) is 54.6 Å². The fourth-order valence-corrected chi connectivity index (χ4v) is 2.64. The van der Waals surface area contributed by atoms with Gasteiger partial charge in [-0.05, 0) is 48.7 Å². The van der Waals surface area contributed by atoms with E-state index in [-0.39, 0.29) is 11.3 Å². The van der Waals surface area contributed by atoms with E-state index in [0.29, 0.717) is 11.3 Å². The third-order valence-electron chi connectivity index (χ3n) is 4.03. The molecule has 0 saturated carbocycles. The van der Waals surface area contributed by atoms with E-state index in [0.717, 1.165) is 11.1 Å². The van der Waals surface area contributed by atoms with E-state index in [2.05, 4.69) is 15.4 Å². The van der Waals surface area contributed by atoms with Crippen LogP contribution in [0.1, 0.15) is 16.7 Å². The summed E-state index contributed by atoms with van der Waals surface area (Å²) in [6.07, 6.45) is 4.03. The number of halogens is 1. The average molecular weight is 361 g/mol. The van der Waals surface area contributed by atoms with Gasteiger partial charge < -0.3 is 5.32 Å². The highest BCUT2D eigenvalue weighted by Gasteiger charge is 2.13. The first-order chi connectivity index (χ1) is 13.0. The van der Waals surface area contributed by atoms with Crippen molar-refractivity contribution in [2.45, 2.75) is 13.8 Å². The maximum Gasteiger partial charge on any atom is 0.266 e. The summed E-state index contributed by atoms with van der Waals surface area (Å²) in [5.41, 5.74) is 2.95. The van der Waals surface area contributed by atoms with Crippen molar-refractivity contribution in [1.29, 1.82) is 5.26 Å². The van der Waals surface area contributed by atoms with Crippen LogP contribution in [0.5, 0.6) is 0 Å². The predicted molar refractivity (Wildman–Crippen MR) is 99.5 cm³/mol. The van der Waals surface area contributed by atoms with Crippen molar-refractivity contribution in [2.24, 2.45) is 0 Å². The molecule has 1 N–H and O–H groups in total. The number of rotatable bonds is 4. The van der Waals surface area contributed by atoms with Crippen molar-refractivity contribution >= 4 is 17.7 Å². The zero-order valence-electron chi connectivity index (χ0n) is 14.8. The zero-order chi connectivity index (χ0) is 19.4. The van der Waals surface area contributed by atoms with Crippen LogP contribution < -0.4 is 5.32 Å². The highest BCUT2D eigenvalue weighted by molar-refractivity contribution is 6.10. The quantitative estimate of drug-likeness (QED) is 0.569. The molecule has 7 heteroatoms. The van der Waals surface area contributed by atoms with Crippen LogP contribution in [-0.2, 0) is 4.79 Å². The van der Waals surface area contributed by atoms with Gasteiger partial charge in [0.25, 0.3) is 5.91 Å². The Balaban J connectivity index is 1.87. The van der Waals surface area contributed by atoms with Crippen molar-refractivity contribution in [3.8, 4) is 11.8 Å². The highest BCUT2D eigenvalue weighted by atomic mass is 19.1. The van der Waals surface area contributed by atoms with E-state index in [1.807, 2.05) is 38.1 Å². The lowest BCUT2D eigenvalue weighted by atomic mass is 10.1. The van der Waals surface area contributed by atoms with Gasteiger partial charge in [0.1, 0.15) is 35.8 Å². The largest absolute Gasteiger partial charge is 0.321 e. The van der Waals surface area contributed by atoms with Crippen LogP contribution in [0.3, 0.4) is 0 Å². The first kappa shape index (κ1) is 18.0. The number of hydrogen-bond acceptors (Lipinski definition) is 4. The number of carbonyl (C=O) groups is 1. The van der Waals surface area contributed by atoms with Gasteiger partial charge in [-0.3, -0.25) is 4.79 Å². The first-order valence-corrected chi connectivity index (χ1v) is 8.13. The topological polar surface area (TPSA) is 83.6 Å². The summed E-state index contributed by atoms with van der Waals surface area (Å²) >= 11 is 0. The molecular formula is C20H16FN5O. The second-order valence-corrected chi connectivity index (χ2v) is 5.94. The van der Waals surface area contributed by atoms with Crippen LogP contribution in [0.2, 0.25) is 0 Å². The highest BCUT2D eigenvalue weighted by Crippen LogP contribution is 2.21. The molecule has 3 aromatic rings. The Labute approximate surface area is 155 Å². The molecule has 0 unspecified atom stereocenters. The number of aromatic nitrogens is 3. The Morgan fingerprint density at radius 2 is 2.00 bits per heavy atom. The Bertz CT molecular complexity index is 1040. The van der Waals surface area contributed by atoms with E-state index >= 15 is 0 Å². The Morgan fingerprint density at radius 3 is 2.59 bits per heavy atom. The molecule has 0 saturated heterocycles. The molecule has 0 radical (unpaired) electrons. The molecule has 0 bridgehead atoms. The molecular weight excluding hydrogens is 345 g/mol. The molecule has 6 nitrogen and oxygen atoms in total. The third kappa shape index (κ3) is 3.90. The Morgan fingerprint density at radius 1 is 1.26 bits per heavy atom. The normalized spacial score (nSPS) is 11.1.